The molecule has 3 rings (SSSR count). The largest absolute Gasteiger partial charge is 0.496 e. The summed E-state index contributed by atoms with van der Waals surface area (Å²) >= 11 is 0. The molecule has 1 fully saturated rings. The average molecular weight is 315 g/mol. The minimum atomic E-state index is 0.0632. The number of nitrogens with one attached hydrogen (secondary N) is 1. The van der Waals surface area contributed by atoms with Crippen molar-refractivity contribution >= 4 is 16.8 Å². The van der Waals surface area contributed by atoms with E-state index in [1.54, 1.807) is 7.11 Å². The van der Waals surface area contributed by atoms with Crippen molar-refractivity contribution in [1.29, 1.82) is 0 Å². The van der Waals surface area contributed by atoms with E-state index in [2.05, 4.69) is 17.1 Å². The number of methoxy groups -OCH3 is 1. The summed E-state index contributed by atoms with van der Waals surface area (Å²) in [6, 6.07) is 8.39. The maximum Gasteiger partial charge on any atom is 0.239 e. The van der Waals surface area contributed by atoms with Gasteiger partial charge in [-0.25, -0.2) is 0 Å². The number of likely N-dealkylation sites (N-methyl/N-ethyl adjacent to an activating group) is 1. The Kier molecular flexibility index (Phi) is 4.86. The Morgan fingerprint density at radius 2 is 2.26 bits per heavy atom. The Balaban J connectivity index is 1.62. The number of benzene rings is 1. The molecule has 5 heteroatoms. The van der Waals surface area contributed by atoms with Gasteiger partial charge < -0.3 is 14.6 Å². The highest BCUT2D eigenvalue weighted by Gasteiger charge is 2.23. The normalized spacial score (nSPS) is 18.4. The molecule has 1 atom stereocenters. The van der Waals surface area contributed by atoms with Crippen molar-refractivity contribution in [2.75, 3.05) is 26.7 Å². The fraction of sp³-hybridized carbons (Fsp3) is 0.500. The van der Waals surface area contributed by atoms with Crippen LogP contribution >= 0.6 is 0 Å². The molecule has 23 heavy (non-hydrogen) atoms. The van der Waals surface area contributed by atoms with E-state index in [0.29, 0.717) is 12.6 Å². The molecule has 1 aliphatic heterocycles. The molecule has 0 unspecified atom stereocenters. The summed E-state index contributed by atoms with van der Waals surface area (Å²) < 4.78 is 7.34. The molecule has 1 aliphatic rings. The molecule has 0 bridgehead atoms. The number of hydrogen-bond donors (Lipinski definition) is 1. The molecule has 0 radical (unpaired) electrons. The number of ether oxygens (including phenoxy) is 1. The lowest BCUT2D eigenvalue weighted by Crippen LogP contribution is -2.40. The number of nitrogens with zero attached hydrogens (tertiary/aromatic N) is 2. The fourth-order valence-corrected chi connectivity index (χ4v) is 3.50. The maximum atomic E-state index is 12.3. The van der Waals surface area contributed by atoms with Crippen LogP contribution in [0.25, 0.3) is 10.9 Å². The lowest BCUT2D eigenvalue weighted by molar-refractivity contribution is -0.121. The minimum absolute atomic E-state index is 0.0632. The van der Waals surface area contributed by atoms with Gasteiger partial charge in [-0.1, -0.05) is 13.0 Å². The van der Waals surface area contributed by atoms with Gasteiger partial charge in [-0.3, -0.25) is 9.69 Å². The molecule has 0 aliphatic carbocycles. The first-order valence-corrected chi connectivity index (χ1v) is 8.35. The van der Waals surface area contributed by atoms with Gasteiger partial charge in [-0.2, -0.15) is 0 Å². The molecule has 1 saturated heterocycles. The molecular weight excluding hydrogens is 290 g/mol. The molecule has 0 saturated carbocycles. The van der Waals surface area contributed by atoms with Crippen molar-refractivity contribution in [3.8, 4) is 5.75 Å². The van der Waals surface area contributed by atoms with E-state index in [1.807, 2.05) is 35.0 Å². The van der Waals surface area contributed by atoms with Crippen molar-refractivity contribution in [3.63, 3.8) is 0 Å². The van der Waals surface area contributed by atoms with E-state index >= 15 is 0 Å². The molecule has 1 aromatic heterocycles. The van der Waals surface area contributed by atoms with Gasteiger partial charge in [0.05, 0.1) is 12.6 Å². The summed E-state index contributed by atoms with van der Waals surface area (Å²) in [6.45, 7) is 5.48. The van der Waals surface area contributed by atoms with E-state index in [0.717, 1.165) is 36.3 Å². The predicted octanol–water partition coefficient (Wildman–Crippen LogP) is 2.25. The Morgan fingerprint density at radius 3 is 3.04 bits per heavy atom. The first kappa shape index (κ1) is 15.9. The first-order chi connectivity index (χ1) is 11.2. The van der Waals surface area contributed by atoms with E-state index in [4.69, 9.17) is 4.74 Å². The Bertz CT molecular complexity index is 680. The van der Waals surface area contributed by atoms with Gasteiger partial charge in [0.2, 0.25) is 5.91 Å². The zero-order valence-electron chi connectivity index (χ0n) is 13.9. The van der Waals surface area contributed by atoms with Gasteiger partial charge in [0.25, 0.3) is 0 Å². The number of aromatic nitrogens is 1. The highest BCUT2D eigenvalue weighted by Crippen LogP contribution is 2.26. The van der Waals surface area contributed by atoms with E-state index in [9.17, 15) is 4.79 Å². The summed E-state index contributed by atoms with van der Waals surface area (Å²) in [4.78, 5) is 14.7. The highest BCUT2D eigenvalue weighted by atomic mass is 16.5. The summed E-state index contributed by atoms with van der Waals surface area (Å²) in [5.74, 6) is 0.902. The zero-order valence-corrected chi connectivity index (χ0v) is 13.9. The van der Waals surface area contributed by atoms with Crippen LogP contribution in [0.2, 0.25) is 0 Å². The van der Waals surface area contributed by atoms with Gasteiger partial charge in [0.15, 0.2) is 0 Å². The Morgan fingerprint density at radius 1 is 1.39 bits per heavy atom. The average Bonchev–Trinajstić information content (AvgIpc) is 3.19. The number of likely N-dealkylation sites (tertiary alicyclic amines) is 1. The van der Waals surface area contributed by atoms with E-state index in [-0.39, 0.29) is 5.91 Å². The SMILES string of the molecule is CCN1CCC[C@H]1CNC(=O)Cn1ccc2c(OC)cccc21. The second-order valence-electron chi connectivity index (χ2n) is 6.07. The van der Waals surface area contributed by atoms with Crippen LogP contribution in [0, 0.1) is 0 Å². The fourth-order valence-electron chi connectivity index (χ4n) is 3.50. The monoisotopic (exact) mass is 315 g/mol. The van der Waals surface area contributed by atoms with E-state index in [1.165, 1.54) is 12.8 Å². The Labute approximate surface area is 137 Å². The molecule has 2 heterocycles. The molecule has 124 valence electrons. The van der Waals surface area contributed by atoms with Crippen LogP contribution in [0.4, 0.5) is 0 Å². The minimum Gasteiger partial charge on any atom is -0.496 e. The molecule has 1 aromatic carbocycles. The molecule has 1 N–H and O–H groups in total. The second-order valence-corrected chi connectivity index (χ2v) is 6.07. The Hall–Kier alpha value is -2.01. The van der Waals surface area contributed by atoms with Gasteiger partial charge >= 0.3 is 0 Å². The molecule has 5 nitrogen and oxygen atoms in total. The van der Waals surface area contributed by atoms with Gasteiger partial charge in [0.1, 0.15) is 12.3 Å². The quantitative estimate of drug-likeness (QED) is 0.889. The van der Waals surface area contributed by atoms with Crippen molar-refractivity contribution < 1.29 is 9.53 Å². The van der Waals surface area contributed by atoms with Crippen LogP contribution in [0.1, 0.15) is 19.8 Å². The first-order valence-electron chi connectivity index (χ1n) is 8.35. The molecular formula is C18H25N3O2. The van der Waals surface area contributed by atoms with Crippen LogP contribution in [-0.4, -0.2) is 48.2 Å². The number of amides is 1. The lowest BCUT2D eigenvalue weighted by atomic mass is 10.2. The van der Waals surface area contributed by atoms with Crippen LogP contribution in [-0.2, 0) is 11.3 Å². The van der Waals surface area contributed by atoms with Crippen LogP contribution in [0.15, 0.2) is 30.5 Å². The number of hydrogen-bond acceptors (Lipinski definition) is 3. The summed E-state index contributed by atoms with van der Waals surface area (Å²) in [7, 11) is 1.67. The third-order valence-corrected chi connectivity index (χ3v) is 4.75. The number of rotatable bonds is 6. The van der Waals surface area contributed by atoms with Gasteiger partial charge in [-0.15, -0.1) is 0 Å². The number of carbonyl (C=O) groups excluding carboxylic acids is 1. The smallest absolute Gasteiger partial charge is 0.239 e. The van der Waals surface area contributed by atoms with Crippen LogP contribution in [0.5, 0.6) is 5.75 Å². The second kappa shape index (κ2) is 7.04. The summed E-state index contributed by atoms with van der Waals surface area (Å²) in [5, 5.41) is 4.13. The number of fused-ring (bicyclic) bond motifs is 1. The van der Waals surface area contributed by atoms with Crippen molar-refractivity contribution in [1.82, 2.24) is 14.8 Å². The van der Waals surface area contributed by atoms with Crippen molar-refractivity contribution in [3.05, 3.63) is 30.5 Å². The zero-order chi connectivity index (χ0) is 16.2. The topological polar surface area (TPSA) is 46.5 Å². The number of carbonyl (C=O) groups is 1. The molecule has 2 aromatic rings. The highest BCUT2D eigenvalue weighted by molar-refractivity contribution is 5.88. The van der Waals surface area contributed by atoms with E-state index < -0.39 is 0 Å². The summed E-state index contributed by atoms with van der Waals surface area (Å²) in [5.41, 5.74) is 1.02. The van der Waals surface area contributed by atoms with Gasteiger partial charge in [0, 0.05) is 24.2 Å². The lowest BCUT2D eigenvalue weighted by Gasteiger charge is -2.22. The van der Waals surface area contributed by atoms with Crippen LogP contribution in [0.3, 0.4) is 0 Å². The van der Waals surface area contributed by atoms with Gasteiger partial charge in [-0.05, 0) is 44.1 Å². The van der Waals surface area contributed by atoms with Crippen molar-refractivity contribution in [2.24, 2.45) is 0 Å². The summed E-state index contributed by atoms with van der Waals surface area (Å²) in [6.07, 6.45) is 4.36. The standard InChI is InChI=1S/C18H25N3O2/c1-3-20-10-5-6-14(20)12-19-18(22)13-21-11-9-15-16(21)7-4-8-17(15)23-2/h4,7-9,11,14H,3,5-6,10,12-13H2,1-2H3,(H,19,22)/t14-/m0/s1. The maximum absolute atomic E-state index is 12.3. The van der Waals surface area contributed by atoms with Crippen LogP contribution < -0.4 is 10.1 Å². The predicted molar refractivity (Wildman–Crippen MR) is 91.8 cm³/mol. The molecule has 0 spiro atoms. The van der Waals surface area contributed by atoms with Crippen molar-refractivity contribution in [2.45, 2.75) is 32.4 Å². The third kappa shape index (κ3) is 3.34. The molecule has 1 amide bonds. The third-order valence-electron chi connectivity index (χ3n) is 4.75.